The Hall–Kier alpha value is -1.49. The largest absolute Gasteiger partial charge is 0.305 e. The van der Waals surface area contributed by atoms with Crippen molar-refractivity contribution < 1.29 is 0 Å². The van der Waals surface area contributed by atoms with E-state index in [0.717, 1.165) is 25.2 Å². The van der Waals surface area contributed by atoms with Gasteiger partial charge in [0.1, 0.15) is 0 Å². The van der Waals surface area contributed by atoms with Gasteiger partial charge in [-0.05, 0) is 31.9 Å². The summed E-state index contributed by atoms with van der Waals surface area (Å²) >= 11 is 0. The first-order valence-electron chi connectivity index (χ1n) is 5.77. The molecule has 2 aromatic rings. The average molecular weight is 217 g/mol. The molecule has 1 unspecified atom stereocenters. The third kappa shape index (κ3) is 1.24. The lowest BCUT2D eigenvalue weighted by Crippen LogP contribution is -2.38. The van der Waals surface area contributed by atoms with E-state index in [0.29, 0.717) is 5.78 Å². The van der Waals surface area contributed by atoms with Gasteiger partial charge < -0.3 is 5.32 Å². The van der Waals surface area contributed by atoms with Crippen molar-refractivity contribution in [1.82, 2.24) is 24.9 Å². The van der Waals surface area contributed by atoms with Crippen LogP contribution in [0.1, 0.15) is 32.0 Å². The van der Waals surface area contributed by atoms with Gasteiger partial charge in [0.05, 0.1) is 5.54 Å². The Morgan fingerprint density at radius 1 is 1.50 bits per heavy atom. The van der Waals surface area contributed by atoms with Crippen molar-refractivity contribution in [2.45, 2.75) is 31.7 Å². The standard InChI is InChI=1S/C11H15N5/c1-2-11(5-3-7-13-11)9-14-15-10-12-6-4-8-16(9)10/h4,6,8,13H,2-3,5,7H2,1H3. The second-order valence-electron chi connectivity index (χ2n) is 4.28. The predicted molar refractivity (Wildman–Crippen MR) is 60.0 cm³/mol. The van der Waals surface area contributed by atoms with Crippen molar-refractivity contribution in [3.8, 4) is 0 Å². The zero-order valence-corrected chi connectivity index (χ0v) is 9.35. The number of fused-ring (bicyclic) bond motifs is 1. The highest BCUT2D eigenvalue weighted by Gasteiger charge is 2.37. The molecule has 1 N–H and O–H groups in total. The first-order chi connectivity index (χ1) is 7.86. The van der Waals surface area contributed by atoms with E-state index in [-0.39, 0.29) is 5.54 Å². The molecule has 84 valence electrons. The first kappa shape index (κ1) is 9.72. The molecular formula is C11H15N5. The van der Waals surface area contributed by atoms with Crippen LogP contribution in [0.2, 0.25) is 0 Å². The van der Waals surface area contributed by atoms with Crippen LogP contribution < -0.4 is 5.32 Å². The fourth-order valence-corrected chi connectivity index (χ4v) is 2.53. The first-order valence-corrected chi connectivity index (χ1v) is 5.77. The quantitative estimate of drug-likeness (QED) is 0.818. The Labute approximate surface area is 93.9 Å². The minimum atomic E-state index is -0.0115. The van der Waals surface area contributed by atoms with Gasteiger partial charge in [-0.15, -0.1) is 10.2 Å². The van der Waals surface area contributed by atoms with Gasteiger partial charge in [0.2, 0.25) is 0 Å². The molecule has 5 heteroatoms. The molecule has 16 heavy (non-hydrogen) atoms. The summed E-state index contributed by atoms with van der Waals surface area (Å²) in [5.74, 6) is 1.68. The molecule has 0 radical (unpaired) electrons. The van der Waals surface area contributed by atoms with E-state index in [9.17, 15) is 0 Å². The van der Waals surface area contributed by atoms with Gasteiger partial charge in [0.25, 0.3) is 5.78 Å². The highest BCUT2D eigenvalue weighted by molar-refractivity contribution is 5.29. The summed E-state index contributed by atoms with van der Waals surface area (Å²) in [7, 11) is 0. The van der Waals surface area contributed by atoms with Crippen LogP contribution in [-0.4, -0.2) is 26.1 Å². The fourth-order valence-electron chi connectivity index (χ4n) is 2.53. The lowest BCUT2D eigenvalue weighted by Gasteiger charge is -2.25. The van der Waals surface area contributed by atoms with Crippen LogP contribution in [0.3, 0.4) is 0 Å². The number of nitrogens with zero attached hydrogens (tertiary/aromatic N) is 4. The number of hydrogen-bond acceptors (Lipinski definition) is 4. The van der Waals surface area contributed by atoms with Crippen molar-refractivity contribution in [3.05, 3.63) is 24.3 Å². The van der Waals surface area contributed by atoms with Gasteiger partial charge in [-0.25, -0.2) is 4.98 Å². The maximum absolute atomic E-state index is 4.31. The highest BCUT2D eigenvalue weighted by atomic mass is 15.3. The zero-order chi connectivity index (χ0) is 11.0. The minimum Gasteiger partial charge on any atom is -0.305 e. The van der Waals surface area contributed by atoms with Crippen molar-refractivity contribution in [1.29, 1.82) is 0 Å². The Morgan fingerprint density at radius 2 is 2.44 bits per heavy atom. The van der Waals surface area contributed by atoms with E-state index < -0.39 is 0 Å². The molecule has 0 amide bonds. The Kier molecular flexibility index (Phi) is 2.14. The minimum absolute atomic E-state index is 0.0115. The normalized spacial score (nSPS) is 25.3. The van der Waals surface area contributed by atoms with E-state index in [4.69, 9.17) is 0 Å². The molecule has 1 aliphatic heterocycles. The highest BCUT2D eigenvalue weighted by Crippen LogP contribution is 2.32. The van der Waals surface area contributed by atoms with E-state index >= 15 is 0 Å². The SMILES string of the molecule is CCC1(c2nnc3ncccn23)CCCN1. The van der Waals surface area contributed by atoms with E-state index in [1.54, 1.807) is 6.20 Å². The number of rotatable bonds is 2. The van der Waals surface area contributed by atoms with Gasteiger partial charge in [-0.1, -0.05) is 6.92 Å². The summed E-state index contributed by atoms with van der Waals surface area (Å²) in [5, 5.41) is 12.0. The molecule has 3 heterocycles. The molecule has 0 saturated carbocycles. The summed E-state index contributed by atoms with van der Waals surface area (Å²) in [5.41, 5.74) is -0.0115. The maximum atomic E-state index is 4.31. The number of aromatic nitrogens is 4. The third-order valence-electron chi connectivity index (χ3n) is 3.46. The predicted octanol–water partition coefficient (Wildman–Crippen LogP) is 1.11. The van der Waals surface area contributed by atoms with E-state index in [2.05, 4.69) is 27.4 Å². The molecule has 0 aliphatic carbocycles. The molecular weight excluding hydrogens is 202 g/mol. The van der Waals surface area contributed by atoms with Crippen LogP contribution in [-0.2, 0) is 5.54 Å². The molecule has 0 bridgehead atoms. The van der Waals surface area contributed by atoms with Gasteiger partial charge in [-0.2, -0.15) is 0 Å². The number of nitrogens with one attached hydrogen (secondary N) is 1. The maximum Gasteiger partial charge on any atom is 0.255 e. The van der Waals surface area contributed by atoms with Crippen molar-refractivity contribution in [2.24, 2.45) is 0 Å². The Balaban J connectivity index is 2.17. The van der Waals surface area contributed by atoms with Crippen LogP contribution in [0.5, 0.6) is 0 Å². The smallest absolute Gasteiger partial charge is 0.255 e. The summed E-state index contributed by atoms with van der Waals surface area (Å²) in [4.78, 5) is 4.20. The van der Waals surface area contributed by atoms with Gasteiger partial charge in [-0.3, -0.25) is 4.40 Å². The van der Waals surface area contributed by atoms with Crippen LogP contribution in [0, 0.1) is 0 Å². The second kappa shape index (κ2) is 3.52. The van der Waals surface area contributed by atoms with Gasteiger partial charge in [0, 0.05) is 12.4 Å². The fraction of sp³-hybridized carbons (Fsp3) is 0.545. The lowest BCUT2D eigenvalue weighted by atomic mass is 9.93. The molecule has 0 spiro atoms. The molecule has 5 nitrogen and oxygen atoms in total. The molecule has 1 atom stereocenters. The average Bonchev–Trinajstić information content (AvgIpc) is 2.96. The van der Waals surface area contributed by atoms with Crippen LogP contribution in [0.25, 0.3) is 5.78 Å². The third-order valence-corrected chi connectivity index (χ3v) is 3.46. The summed E-state index contributed by atoms with van der Waals surface area (Å²) in [6.07, 6.45) is 7.08. The molecule has 0 aromatic carbocycles. The van der Waals surface area contributed by atoms with E-state index in [1.165, 1.54) is 6.42 Å². The Bertz CT molecular complexity index is 498. The second-order valence-corrected chi connectivity index (χ2v) is 4.28. The molecule has 1 fully saturated rings. The van der Waals surface area contributed by atoms with E-state index in [1.807, 2.05) is 16.7 Å². The van der Waals surface area contributed by atoms with Crippen molar-refractivity contribution >= 4 is 5.78 Å². The van der Waals surface area contributed by atoms with Crippen molar-refractivity contribution in [3.63, 3.8) is 0 Å². The topological polar surface area (TPSA) is 55.1 Å². The summed E-state index contributed by atoms with van der Waals surface area (Å²) in [6, 6.07) is 1.91. The van der Waals surface area contributed by atoms with Crippen LogP contribution >= 0.6 is 0 Å². The number of hydrogen-bond donors (Lipinski definition) is 1. The van der Waals surface area contributed by atoms with Crippen molar-refractivity contribution in [2.75, 3.05) is 6.54 Å². The Morgan fingerprint density at radius 3 is 3.19 bits per heavy atom. The molecule has 2 aromatic heterocycles. The van der Waals surface area contributed by atoms with Gasteiger partial charge in [0.15, 0.2) is 5.82 Å². The summed E-state index contributed by atoms with van der Waals surface area (Å²) in [6.45, 7) is 3.25. The lowest BCUT2D eigenvalue weighted by molar-refractivity contribution is 0.349. The van der Waals surface area contributed by atoms with Crippen LogP contribution in [0.15, 0.2) is 18.5 Å². The van der Waals surface area contributed by atoms with Gasteiger partial charge >= 0.3 is 0 Å². The molecule has 1 saturated heterocycles. The molecule has 3 rings (SSSR count). The zero-order valence-electron chi connectivity index (χ0n) is 9.35. The van der Waals surface area contributed by atoms with Crippen LogP contribution in [0.4, 0.5) is 0 Å². The molecule has 1 aliphatic rings. The summed E-state index contributed by atoms with van der Waals surface area (Å²) < 4.78 is 1.99. The monoisotopic (exact) mass is 217 g/mol.